The minimum atomic E-state index is 0.0407. The topological polar surface area (TPSA) is 52.6 Å². The van der Waals surface area contributed by atoms with Gasteiger partial charge in [0.25, 0.3) is 0 Å². The number of likely N-dealkylation sites (tertiary alicyclic amines) is 1. The summed E-state index contributed by atoms with van der Waals surface area (Å²) in [7, 11) is 0. The predicted octanol–water partition coefficient (Wildman–Crippen LogP) is 3.34. The normalized spacial score (nSPS) is 16.2. The molecule has 0 saturated carbocycles. The molecule has 1 amide bonds. The van der Waals surface area contributed by atoms with E-state index in [2.05, 4.69) is 27.7 Å². The summed E-state index contributed by atoms with van der Waals surface area (Å²) >= 11 is 1.76. The van der Waals surface area contributed by atoms with Gasteiger partial charge < -0.3 is 10.4 Å². The molecule has 1 aliphatic rings. The van der Waals surface area contributed by atoms with Gasteiger partial charge in [0.05, 0.1) is 6.04 Å². The van der Waals surface area contributed by atoms with Gasteiger partial charge in [0.15, 0.2) is 0 Å². The fraction of sp³-hybridized carbons (Fsp3) is 0.421. The molecular formula is C19H24N2O2S. The van der Waals surface area contributed by atoms with E-state index in [1.807, 2.05) is 12.1 Å². The van der Waals surface area contributed by atoms with E-state index in [0.717, 1.165) is 18.7 Å². The lowest BCUT2D eigenvalue weighted by Gasteiger charge is -2.27. The highest BCUT2D eigenvalue weighted by molar-refractivity contribution is 7.10. The smallest absolute Gasteiger partial charge is 0.220 e. The summed E-state index contributed by atoms with van der Waals surface area (Å²) in [5, 5.41) is 15.0. The molecule has 1 saturated heterocycles. The Hall–Kier alpha value is -1.85. The van der Waals surface area contributed by atoms with Gasteiger partial charge in [-0.1, -0.05) is 24.3 Å². The summed E-state index contributed by atoms with van der Waals surface area (Å²) in [5.41, 5.74) is 0.821. The molecule has 1 aromatic heterocycles. The van der Waals surface area contributed by atoms with Crippen LogP contribution in [-0.2, 0) is 11.2 Å². The third-order valence-corrected chi connectivity index (χ3v) is 5.53. The van der Waals surface area contributed by atoms with Crippen molar-refractivity contribution in [2.45, 2.75) is 31.7 Å². The van der Waals surface area contributed by atoms with Gasteiger partial charge >= 0.3 is 0 Å². The molecule has 1 aliphatic heterocycles. The van der Waals surface area contributed by atoms with Crippen molar-refractivity contribution >= 4 is 17.2 Å². The Bertz CT molecular complexity index is 651. The van der Waals surface area contributed by atoms with E-state index in [9.17, 15) is 9.90 Å². The number of amides is 1. The van der Waals surface area contributed by atoms with Crippen LogP contribution in [0.5, 0.6) is 5.75 Å². The third-order valence-electron chi connectivity index (χ3n) is 4.56. The highest BCUT2D eigenvalue weighted by Gasteiger charge is 2.24. The highest BCUT2D eigenvalue weighted by atomic mass is 32.1. The van der Waals surface area contributed by atoms with E-state index in [4.69, 9.17) is 0 Å². The Balaban J connectivity index is 1.52. The molecule has 0 bridgehead atoms. The first kappa shape index (κ1) is 17.0. The van der Waals surface area contributed by atoms with Crippen LogP contribution in [0.4, 0.5) is 0 Å². The molecule has 5 heteroatoms. The standard InChI is InChI=1S/C19H24N2O2S/c22-17-7-2-1-6-15(17)9-10-19(23)20-14-16(18-8-5-13-24-18)21-11-3-4-12-21/h1-2,5-8,13,16,22H,3-4,9-12,14H2,(H,20,23). The zero-order chi connectivity index (χ0) is 16.8. The Morgan fingerprint density at radius 3 is 2.71 bits per heavy atom. The van der Waals surface area contributed by atoms with Crippen molar-refractivity contribution in [3.05, 3.63) is 52.2 Å². The summed E-state index contributed by atoms with van der Waals surface area (Å²) in [6.45, 7) is 2.87. The molecular weight excluding hydrogens is 320 g/mol. The second-order valence-corrected chi connectivity index (χ2v) is 7.19. The summed E-state index contributed by atoms with van der Waals surface area (Å²) in [6.07, 6.45) is 3.44. The summed E-state index contributed by atoms with van der Waals surface area (Å²) in [6, 6.07) is 11.7. The average molecular weight is 344 g/mol. The minimum Gasteiger partial charge on any atom is -0.508 e. The second kappa shape index (κ2) is 8.31. The van der Waals surface area contributed by atoms with Crippen LogP contribution in [0.1, 0.15) is 35.7 Å². The van der Waals surface area contributed by atoms with Crippen molar-refractivity contribution in [1.29, 1.82) is 0 Å². The lowest BCUT2D eigenvalue weighted by molar-refractivity contribution is -0.121. The van der Waals surface area contributed by atoms with Gasteiger partial charge in [-0.25, -0.2) is 0 Å². The fourth-order valence-corrected chi connectivity index (χ4v) is 4.07. The molecule has 1 fully saturated rings. The first-order chi connectivity index (χ1) is 11.7. The van der Waals surface area contributed by atoms with E-state index in [0.29, 0.717) is 19.4 Å². The number of carbonyl (C=O) groups excluding carboxylic acids is 1. The fourth-order valence-electron chi connectivity index (χ4n) is 3.21. The third kappa shape index (κ3) is 4.36. The van der Waals surface area contributed by atoms with Gasteiger partial charge in [0.1, 0.15) is 5.75 Å². The van der Waals surface area contributed by atoms with E-state index in [-0.39, 0.29) is 17.7 Å². The Morgan fingerprint density at radius 1 is 1.21 bits per heavy atom. The number of phenolic OH excluding ortho intramolecular Hbond substituents is 1. The lowest BCUT2D eigenvalue weighted by Crippen LogP contribution is -2.36. The van der Waals surface area contributed by atoms with Crippen molar-refractivity contribution in [2.75, 3.05) is 19.6 Å². The van der Waals surface area contributed by atoms with Gasteiger partial charge in [-0.2, -0.15) is 0 Å². The van der Waals surface area contributed by atoms with Crippen LogP contribution in [0.3, 0.4) is 0 Å². The first-order valence-electron chi connectivity index (χ1n) is 8.55. The maximum absolute atomic E-state index is 12.2. The number of phenols is 1. The number of aryl methyl sites for hydroxylation is 1. The zero-order valence-electron chi connectivity index (χ0n) is 13.8. The average Bonchev–Trinajstić information content (AvgIpc) is 3.28. The van der Waals surface area contributed by atoms with Crippen molar-refractivity contribution in [2.24, 2.45) is 0 Å². The van der Waals surface area contributed by atoms with Crippen LogP contribution in [0, 0.1) is 0 Å². The molecule has 24 heavy (non-hydrogen) atoms. The monoisotopic (exact) mass is 344 g/mol. The van der Waals surface area contributed by atoms with E-state index in [1.165, 1.54) is 17.7 Å². The molecule has 4 nitrogen and oxygen atoms in total. The summed E-state index contributed by atoms with van der Waals surface area (Å²) in [5.74, 6) is 0.304. The number of rotatable bonds is 7. The van der Waals surface area contributed by atoms with Crippen LogP contribution in [0.15, 0.2) is 41.8 Å². The predicted molar refractivity (Wildman–Crippen MR) is 97.3 cm³/mol. The molecule has 2 aromatic rings. The first-order valence-corrected chi connectivity index (χ1v) is 9.43. The molecule has 0 aliphatic carbocycles. The molecule has 2 N–H and O–H groups in total. The molecule has 1 atom stereocenters. The number of nitrogens with zero attached hydrogens (tertiary/aromatic N) is 1. The number of hydrogen-bond donors (Lipinski definition) is 2. The number of benzene rings is 1. The summed E-state index contributed by atoms with van der Waals surface area (Å²) < 4.78 is 0. The number of hydrogen-bond acceptors (Lipinski definition) is 4. The van der Waals surface area contributed by atoms with Crippen LogP contribution in [0.25, 0.3) is 0 Å². The Labute approximate surface area is 147 Å². The number of carbonyl (C=O) groups is 1. The molecule has 0 radical (unpaired) electrons. The van der Waals surface area contributed by atoms with E-state index in [1.54, 1.807) is 23.5 Å². The second-order valence-electron chi connectivity index (χ2n) is 6.21. The molecule has 1 unspecified atom stereocenters. The summed E-state index contributed by atoms with van der Waals surface area (Å²) in [4.78, 5) is 16.0. The van der Waals surface area contributed by atoms with Crippen LogP contribution < -0.4 is 5.32 Å². The molecule has 128 valence electrons. The van der Waals surface area contributed by atoms with Gasteiger partial charge in [0.2, 0.25) is 5.91 Å². The molecule has 3 rings (SSSR count). The van der Waals surface area contributed by atoms with Crippen LogP contribution >= 0.6 is 11.3 Å². The maximum atomic E-state index is 12.2. The van der Waals surface area contributed by atoms with Crippen molar-refractivity contribution < 1.29 is 9.90 Å². The SMILES string of the molecule is O=C(CCc1ccccc1O)NCC(c1cccs1)N1CCCC1. The van der Waals surface area contributed by atoms with Gasteiger partial charge in [-0.05, 0) is 55.4 Å². The van der Waals surface area contributed by atoms with Gasteiger partial charge in [0, 0.05) is 17.8 Å². The van der Waals surface area contributed by atoms with Gasteiger partial charge in [-0.15, -0.1) is 11.3 Å². The Morgan fingerprint density at radius 2 is 2.00 bits per heavy atom. The highest BCUT2D eigenvalue weighted by Crippen LogP contribution is 2.27. The van der Waals surface area contributed by atoms with Gasteiger partial charge in [-0.3, -0.25) is 9.69 Å². The lowest BCUT2D eigenvalue weighted by atomic mass is 10.1. The zero-order valence-corrected chi connectivity index (χ0v) is 14.6. The van der Waals surface area contributed by atoms with Crippen molar-refractivity contribution in [1.82, 2.24) is 10.2 Å². The van der Waals surface area contributed by atoms with E-state index < -0.39 is 0 Å². The van der Waals surface area contributed by atoms with E-state index >= 15 is 0 Å². The Kier molecular flexibility index (Phi) is 5.88. The van der Waals surface area contributed by atoms with Crippen molar-refractivity contribution in [3.8, 4) is 5.75 Å². The number of para-hydroxylation sites is 1. The minimum absolute atomic E-state index is 0.0407. The maximum Gasteiger partial charge on any atom is 0.220 e. The van der Waals surface area contributed by atoms with Crippen LogP contribution in [0.2, 0.25) is 0 Å². The number of thiophene rings is 1. The van der Waals surface area contributed by atoms with Crippen LogP contribution in [-0.4, -0.2) is 35.5 Å². The quantitative estimate of drug-likeness (QED) is 0.810. The molecule has 2 heterocycles. The van der Waals surface area contributed by atoms with Crippen molar-refractivity contribution in [3.63, 3.8) is 0 Å². The largest absolute Gasteiger partial charge is 0.508 e. The number of nitrogens with one attached hydrogen (secondary N) is 1. The molecule has 1 aromatic carbocycles. The number of aromatic hydroxyl groups is 1. The molecule has 0 spiro atoms.